The van der Waals surface area contributed by atoms with Crippen LogP contribution in [-0.2, 0) is 7.05 Å². The smallest absolute Gasteiger partial charge is 0.263 e. The molecule has 0 unspecified atom stereocenters. The fraction of sp³-hybridized carbons (Fsp3) is 0.350. The van der Waals surface area contributed by atoms with Crippen molar-refractivity contribution in [2.24, 2.45) is 7.05 Å². The maximum atomic E-state index is 12.8. The number of amides is 1. The first-order valence-corrected chi connectivity index (χ1v) is 9.48. The van der Waals surface area contributed by atoms with Crippen LogP contribution in [0, 0.1) is 13.8 Å². The molecule has 0 N–H and O–H groups in total. The number of piperazine rings is 1. The third-order valence-electron chi connectivity index (χ3n) is 5.38. The standard InChI is InChI=1S/C20H23N7O2/c1-14-15(2)27(13-23-14)18-11-17(21-12-22-18)25-7-9-26(10-8-25)20(29)16-5-4-6-24(3)19(16)28/h4-6,11-13H,7-10H2,1-3H3. The minimum atomic E-state index is -0.272. The van der Waals surface area contributed by atoms with Crippen LogP contribution < -0.4 is 10.5 Å². The Kier molecular flexibility index (Phi) is 4.87. The van der Waals surface area contributed by atoms with Crippen molar-refractivity contribution in [2.75, 3.05) is 31.1 Å². The van der Waals surface area contributed by atoms with E-state index in [2.05, 4.69) is 19.9 Å². The van der Waals surface area contributed by atoms with Gasteiger partial charge in [-0.3, -0.25) is 14.2 Å². The number of pyridine rings is 1. The molecule has 1 amide bonds. The van der Waals surface area contributed by atoms with Gasteiger partial charge in [-0.25, -0.2) is 15.0 Å². The van der Waals surface area contributed by atoms with Gasteiger partial charge in [0.05, 0.1) is 5.69 Å². The van der Waals surface area contributed by atoms with Crippen LogP contribution in [0.2, 0.25) is 0 Å². The van der Waals surface area contributed by atoms with Gasteiger partial charge < -0.3 is 14.4 Å². The zero-order chi connectivity index (χ0) is 20.5. The second kappa shape index (κ2) is 7.50. The number of anilines is 1. The van der Waals surface area contributed by atoms with Gasteiger partial charge in [0, 0.05) is 51.2 Å². The van der Waals surface area contributed by atoms with Gasteiger partial charge >= 0.3 is 0 Å². The van der Waals surface area contributed by atoms with E-state index in [-0.39, 0.29) is 17.0 Å². The van der Waals surface area contributed by atoms with Gasteiger partial charge in [-0.05, 0) is 26.0 Å². The molecule has 9 heteroatoms. The van der Waals surface area contributed by atoms with Crippen LogP contribution in [0.5, 0.6) is 0 Å². The molecule has 3 aromatic rings. The first-order chi connectivity index (χ1) is 14.0. The maximum absolute atomic E-state index is 12.8. The highest BCUT2D eigenvalue weighted by Gasteiger charge is 2.25. The Morgan fingerprint density at radius 2 is 1.76 bits per heavy atom. The highest BCUT2D eigenvalue weighted by atomic mass is 16.2. The van der Waals surface area contributed by atoms with E-state index in [1.165, 1.54) is 4.57 Å². The van der Waals surface area contributed by atoms with Crippen LogP contribution in [0.3, 0.4) is 0 Å². The lowest BCUT2D eigenvalue weighted by atomic mass is 10.2. The van der Waals surface area contributed by atoms with Crippen LogP contribution in [0.4, 0.5) is 5.82 Å². The average molecular weight is 393 g/mol. The number of aryl methyl sites for hydroxylation is 2. The molecule has 4 heterocycles. The number of nitrogens with zero attached hydrogens (tertiary/aromatic N) is 7. The summed E-state index contributed by atoms with van der Waals surface area (Å²) < 4.78 is 3.36. The zero-order valence-corrected chi connectivity index (χ0v) is 16.7. The Hall–Kier alpha value is -3.49. The largest absolute Gasteiger partial charge is 0.353 e. The molecular formula is C20H23N7O2. The summed E-state index contributed by atoms with van der Waals surface area (Å²) in [5, 5.41) is 0. The van der Waals surface area contributed by atoms with Gasteiger partial charge in [-0.2, -0.15) is 0 Å². The van der Waals surface area contributed by atoms with Crippen molar-refractivity contribution in [3.8, 4) is 5.82 Å². The van der Waals surface area contributed by atoms with Crippen LogP contribution in [-0.4, -0.2) is 61.1 Å². The predicted octanol–water partition coefficient (Wildman–Crippen LogP) is 0.940. The fourth-order valence-corrected chi connectivity index (χ4v) is 3.44. The van der Waals surface area contributed by atoms with Gasteiger partial charge in [0.1, 0.15) is 29.9 Å². The van der Waals surface area contributed by atoms with E-state index >= 15 is 0 Å². The summed E-state index contributed by atoms with van der Waals surface area (Å²) >= 11 is 0. The summed E-state index contributed by atoms with van der Waals surface area (Å²) in [6, 6.07) is 5.23. The van der Waals surface area contributed by atoms with Crippen molar-refractivity contribution in [1.82, 2.24) is 29.0 Å². The van der Waals surface area contributed by atoms with Gasteiger partial charge in [0.2, 0.25) is 0 Å². The van der Waals surface area contributed by atoms with E-state index in [0.717, 1.165) is 23.0 Å². The minimum absolute atomic E-state index is 0.207. The van der Waals surface area contributed by atoms with Crippen molar-refractivity contribution in [3.05, 3.63) is 64.4 Å². The number of rotatable bonds is 3. The van der Waals surface area contributed by atoms with Crippen molar-refractivity contribution in [3.63, 3.8) is 0 Å². The summed E-state index contributed by atoms with van der Waals surface area (Å²) in [6.45, 7) is 6.29. The molecular weight excluding hydrogens is 370 g/mol. The molecule has 0 bridgehead atoms. The Morgan fingerprint density at radius 3 is 2.45 bits per heavy atom. The number of hydrogen-bond acceptors (Lipinski definition) is 6. The van der Waals surface area contributed by atoms with Crippen molar-refractivity contribution in [2.45, 2.75) is 13.8 Å². The Labute approximate surface area is 168 Å². The van der Waals surface area contributed by atoms with Crippen LogP contribution in [0.15, 0.2) is 41.8 Å². The van der Waals surface area contributed by atoms with Gasteiger partial charge in [-0.1, -0.05) is 0 Å². The lowest BCUT2D eigenvalue weighted by molar-refractivity contribution is 0.0744. The van der Waals surface area contributed by atoms with E-state index in [9.17, 15) is 9.59 Å². The maximum Gasteiger partial charge on any atom is 0.263 e. The normalized spacial score (nSPS) is 14.3. The van der Waals surface area contributed by atoms with Crippen molar-refractivity contribution in [1.29, 1.82) is 0 Å². The summed E-state index contributed by atoms with van der Waals surface area (Å²) in [5.41, 5.74) is 1.93. The first-order valence-electron chi connectivity index (χ1n) is 9.48. The number of hydrogen-bond donors (Lipinski definition) is 0. The average Bonchev–Trinajstić information content (AvgIpc) is 3.08. The van der Waals surface area contributed by atoms with E-state index < -0.39 is 0 Å². The summed E-state index contributed by atoms with van der Waals surface area (Å²) in [4.78, 5) is 41.9. The SMILES string of the molecule is Cc1ncn(-c2cc(N3CCN(C(=O)c4cccn(C)c4=O)CC3)ncn2)c1C. The second-order valence-electron chi connectivity index (χ2n) is 7.14. The Balaban J connectivity index is 1.48. The number of imidazole rings is 1. The molecule has 0 aliphatic carbocycles. The van der Waals surface area contributed by atoms with Gasteiger partial charge in [0.25, 0.3) is 11.5 Å². The summed E-state index contributed by atoms with van der Waals surface area (Å²) in [7, 11) is 1.65. The first kappa shape index (κ1) is 18.9. The van der Waals surface area contributed by atoms with Crippen LogP contribution in [0.25, 0.3) is 5.82 Å². The molecule has 29 heavy (non-hydrogen) atoms. The minimum Gasteiger partial charge on any atom is -0.353 e. The van der Waals surface area contributed by atoms with E-state index in [1.54, 1.807) is 42.9 Å². The third kappa shape index (κ3) is 3.51. The molecule has 9 nitrogen and oxygen atoms in total. The molecule has 1 aliphatic rings. The molecule has 1 fully saturated rings. The van der Waals surface area contributed by atoms with E-state index in [1.807, 2.05) is 24.5 Å². The molecule has 0 saturated carbocycles. The quantitative estimate of drug-likeness (QED) is 0.658. The molecule has 150 valence electrons. The molecule has 0 radical (unpaired) electrons. The lowest BCUT2D eigenvalue weighted by Gasteiger charge is -2.35. The van der Waals surface area contributed by atoms with Crippen molar-refractivity contribution >= 4 is 11.7 Å². The second-order valence-corrected chi connectivity index (χ2v) is 7.14. The lowest BCUT2D eigenvalue weighted by Crippen LogP contribution is -2.50. The molecule has 0 spiro atoms. The third-order valence-corrected chi connectivity index (χ3v) is 5.38. The van der Waals surface area contributed by atoms with Crippen LogP contribution >= 0.6 is 0 Å². The van der Waals surface area contributed by atoms with E-state index in [4.69, 9.17) is 0 Å². The fourth-order valence-electron chi connectivity index (χ4n) is 3.44. The number of aromatic nitrogens is 5. The molecule has 0 atom stereocenters. The molecule has 1 saturated heterocycles. The molecule has 4 rings (SSSR count). The van der Waals surface area contributed by atoms with Crippen LogP contribution in [0.1, 0.15) is 21.7 Å². The van der Waals surface area contributed by atoms with Gasteiger partial charge in [-0.15, -0.1) is 0 Å². The molecule has 3 aromatic heterocycles. The monoisotopic (exact) mass is 393 g/mol. The Bertz CT molecular complexity index is 1110. The zero-order valence-electron chi connectivity index (χ0n) is 16.7. The van der Waals surface area contributed by atoms with Gasteiger partial charge in [0.15, 0.2) is 0 Å². The topological polar surface area (TPSA) is 89.2 Å². The highest BCUT2D eigenvalue weighted by molar-refractivity contribution is 5.94. The van der Waals surface area contributed by atoms with E-state index in [0.29, 0.717) is 26.2 Å². The summed E-state index contributed by atoms with van der Waals surface area (Å²) in [6.07, 6.45) is 4.95. The molecule has 0 aromatic carbocycles. The predicted molar refractivity (Wildman–Crippen MR) is 108 cm³/mol. The highest BCUT2D eigenvalue weighted by Crippen LogP contribution is 2.18. The van der Waals surface area contributed by atoms with Crippen molar-refractivity contribution < 1.29 is 4.79 Å². The summed E-state index contributed by atoms with van der Waals surface area (Å²) in [5.74, 6) is 1.35. The molecule has 1 aliphatic heterocycles. The number of carbonyl (C=O) groups excluding carboxylic acids is 1. The number of carbonyl (C=O) groups is 1. The Morgan fingerprint density at radius 1 is 1.03 bits per heavy atom.